The molecule has 0 aliphatic rings. The van der Waals surface area contributed by atoms with Gasteiger partial charge in [0.2, 0.25) is 0 Å². The summed E-state index contributed by atoms with van der Waals surface area (Å²) in [6, 6.07) is -0.235. The summed E-state index contributed by atoms with van der Waals surface area (Å²) in [6.07, 6.45) is 3.34. The summed E-state index contributed by atoms with van der Waals surface area (Å²) in [7, 11) is 0. The maximum Gasteiger partial charge on any atom is 0.315 e. The third-order valence-corrected chi connectivity index (χ3v) is 4.18. The van der Waals surface area contributed by atoms with Crippen molar-refractivity contribution in [2.75, 3.05) is 13.2 Å². The lowest BCUT2D eigenvalue weighted by Crippen LogP contribution is -2.52. The van der Waals surface area contributed by atoms with Crippen LogP contribution in [0.15, 0.2) is 5.38 Å². The van der Waals surface area contributed by atoms with Crippen LogP contribution < -0.4 is 10.6 Å². The van der Waals surface area contributed by atoms with Crippen molar-refractivity contribution in [3.8, 4) is 0 Å². The Balaban J connectivity index is 2.32. The number of rotatable bonds is 8. The van der Waals surface area contributed by atoms with Crippen LogP contribution in [-0.2, 0) is 12.8 Å². The van der Waals surface area contributed by atoms with Gasteiger partial charge in [-0.25, -0.2) is 9.78 Å². The number of aromatic nitrogens is 1. The lowest BCUT2D eigenvalue weighted by molar-refractivity contribution is 0.163. The Kier molecular flexibility index (Phi) is 6.95. The lowest BCUT2D eigenvalue weighted by Gasteiger charge is -2.28. The highest BCUT2D eigenvalue weighted by Gasteiger charge is 2.24. The van der Waals surface area contributed by atoms with Crippen LogP contribution >= 0.6 is 11.3 Å². The second-order valence-corrected chi connectivity index (χ2v) is 6.13. The Morgan fingerprint density at radius 1 is 1.50 bits per heavy atom. The summed E-state index contributed by atoms with van der Waals surface area (Å²) >= 11 is 1.66. The van der Waals surface area contributed by atoms with Crippen LogP contribution in [-0.4, -0.2) is 34.8 Å². The highest BCUT2D eigenvalue weighted by atomic mass is 32.1. The summed E-state index contributed by atoms with van der Waals surface area (Å²) in [5.74, 6) is 0. The van der Waals surface area contributed by atoms with E-state index in [2.05, 4.69) is 22.5 Å². The molecule has 0 bridgehead atoms. The molecule has 1 heterocycles. The summed E-state index contributed by atoms with van der Waals surface area (Å²) in [5.41, 5.74) is 0.472. The van der Waals surface area contributed by atoms with E-state index < -0.39 is 5.54 Å². The molecule has 5 nitrogen and oxygen atoms in total. The molecule has 1 atom stereocenters. The van der Waals surface area contributed by atoms with Gasteiger partial charge in [0, 0.05) is 18.3 Å². The fourth-order valence-corrected chi connectivity index (χ4v) is 2.76. The van der Waals surface area contributed by atoms with Gasteiger partial charge in [0.25, 0.3) is 0 Å². The zero-order chi connectivity index (χ0) is 15.0. The highest BCUT2D eigenvalue weighted by Crippen LogP contribution is 2.11. The number of aliphatic hydroxyl groups is 1. The van der Waals surface area contributed by atoms with Gasteiger partial charge in [-0.05, 0) is 19.8 Å². The maximum absolute atomic E-state index is 11.8. The SMILES string of the molecule is CCCC(C)(CO)NC(=O)NCCc1csc(CC)n1. The van der Waals surface area contributed by atoms with Crippen molar-refractivity contribution in [3.63, 3.8) is 0 Å². The van der Waals surface area contributed by atoms with E-state index >= 15 is 0 Å². The number of amides is 2. The first kappa shape index (κ1) is 16.9. The molecule has 114 valence electrons. The largest absolute Gasteiger partial charge is 0.394 e. The average molecular weight is 299 g/mol. The Morgan fingerprint density at radius 2 is 2.25 bits per heavy atom. The van der Waals surface area contributed by atoms with E-state index in [1.807, 2.05) is 19.2 Å². The molecule has 0 fully saturated rings. The first-order chi connectivity index (χ1) is 9.53. The van der Waals surface area contributed by atoms with Crippen molar-refractivity contribution < 1.29 is 9.90 Å². The molecule has 1 aromatic heterocycles. The van der Waals surface area contributed by atoms with Gasteiger partial charge in [0.15, 0.2) is 0 Å². The number of carbonyl (C=O) groups excluding carboxylic acids is 1. The summed E-state index contributed by atoms with van der Waals surface area (Å²) in [5, 5.41) is 18.1. The molecule has 0 aliphatic heterocycles. The number of hydrogen-bond donors (Lipinski definition) is 3. The Morgan fingerprint density at radius 3 is 2.80 bits per heavy atom. The maximum atomic E-state index is 11.8. The number of nitrogens with one attached hydrogen (secondary N) is 2. The predicted molar refractivity (Wildman–Crippen MR) is 82.1 cm³/mol. The smallest absolute Gasteiger partial charge is 0.315 e. The first-order valence-electron chi connectivity index (χ1n) is 7.13. The van der Waals surface area contributed by atoms with Crippen molar-refractivity contribution in [3.05, 3.63) is 16.1 Å². The van der Waals surface area contributed by atoms with Crippen LogP contribution in [0, 0.1) is 0 Å². The van der Waals surface area contributed by atoms with E-state index in [9.17, 15) is 9.90 Å². The Labute approximate surface area is 124 Å². The Hall–Kier alpha value is -1.14. The van der Waals surface area contributed by atoms with Crippen molar-refractivity contribution in [2.24, 2.45) is 0 Å². The molecule has 6 heteroatoms. The third kappa shape index (κ3) is 5.46. The minimum Gasteiger partial charge on any atom is -0.394 e. The zero-order valence-electron chi connectivity index (χ0n) is 12.5. The van der Waals surface area contributed by atoms with Crippen LogP contribution in [0.5, 0.6) is 0 Å². The number of aryl methyl sites for hydroxylation is 1. The quantitative estimate of drug-likeness (QED) is 0.688. The fraction of sp³-hybridized carbons (Fsp3) is 0.714. The van der Waals surface area contributed by atoms with Crippen molar-refractivity contribution in [1.29, 1.82) is 0 Å². The number of urea groups is 1. The van der Waals surface area contributed by atoms with E-state index in [0.29, 0.717) is 6.54 Å². The second-order valence-electron chi connectivity index (χ2n) is 5.19. The molecule has 0 aliphatic carbocycles. The molecule has 0 saturated carbocycles. The average Bonchev–Trinajstić information content (AvgIpc) is 2.87. The summed E-state index contributed by atoms with van der Waals surface area (Å²) < 4.78 is 0. The van der Waals surface area contributed by atoms with Gasteiger partial charge in [-0.2, -0.15) is 0 Å². The minimum atomic E-state index is -0.547. The predicted octanol–water partition coefficient (Wildman–Crippen LogP) is 2.10. The van der Waals surface area contributed by atoms with E-state index in [1.54, 1.807) is 11.3 Å². The van der Waals surface area contributed by atoms with Crippen LogP contribution in [0.4, 0.5) is 4.79 Å². The fourth-order valence-electron chi connectivity index (χ4n) is 1.98. The van der Waals surface area contributed by atoms with Gasteiger partial charge in [0.05, 0.1) is 22.8 Å². The van der Waals surface area contributed by atoms with Crippen LogP contribution in [0.3, 0.4) is 0 Å². The van der Waals surface area contributed by atoms with Crippen LogP contribution in [0.1, 0.15) is 44.3 Å². The lowest BCUT2D eigenvalue weighted by atomic mass is 9.98. The van der Waals surface area contributed by atoms with Crippen molar-refractivity contribution >= 4 is 17.4 Å². The topological polar surface area (TPSA) is 74.2 Å². The van der Waals surface area contributed by atoms with E-state index in [-0.39, 0.29) is 12.6 Å². The van der Waals surface area contributed by atoms with Crippen LogP contribution in [0.2, 0.25) is 0 Å². The first-order valence-corrected chi connectivity index (χ1v) is 8.01. The van der Waals surface area contributed by atoms with E-state index in [1.165, 1.54) is 0 Å². The van der Waals surface area contributed by atoms with Gasteiger partial charge >= 0.3 is 6.03 Å². The number of carbonyl (C=O) groups is 1. The molecular weight excluding hydrogens is 274 g/mol. The number of nitrogens with zero attached hydrogens (tertiary/aromatic N) is 1. The van der Waals surface area contributed by atoms with E-state index in [0.717, 1.165) is 36.4 Å². The highest BCUT2D eigenvalue weighted by molar-refractivity contribution is 7.09. The molecule has 3 N–H and O–H groups in total. The number of hydrogen-bond acceptors (Lipinski definition) is 4. The standard InChI is InChI=1S/C14H25N3O2S/c1-4-7-14(3,10-18)17-13(19)15-8-6-11-9-20-12(5-2)16-11/h9,18H,4-8,10H2,1-3H3,(H2,15,17,19). The molecule has 1 rings (SSSR count). The zero-order valence-corrected chi connectivity index (χ0v) is 13.3. The Bertz CT molecular complexity index is 422. The minimum absolute atomic E-state index is 0.0554. The summed E-state index contributed by atoms with van der Waals surface area (Å²) in [6.45, 7) is 6.45. The van der Waals surface area contributed by atoms with Gasteiger partial charge in [-0.15, -0.1) is 11.3 Å². The van der Waals surface area contributed by atoms with Crippen LogP contribution in [0.25, 0.3) is 0 Å². The molecule has 2 amide bonds. The summed E-state index contributed by atoms with van der Waals surface area (Å²) in [4.78, 5) is 16.2. The molecule has 0 saturated heterocycles. The molecule has 1 aromatic rings. The number of thiazole rings is 1. The van der Waals surface area contributed by atoms with E-state index in [4.69, 9.17) is 0 Å². The number of aliphatic hydroxyl groups excluding tert-OH is 1. The molecule has 0 spiro atoms. The van der Waals surface area contributed by atoms with Gasteiger partial charge in [-0.3, -0.25) is 0 Å². The van der Waals surface area contributed by atoms with Gasteiger partial charge in [0.1, 0.15) is 0 Å². The molecule has 20 heavy (non-hydrogen) atoms. The molecular formula is C14H25N3O2S. The molecule has 1 unspecified atom stereocenters. The van der Waals surface area contributed by atoms with Crippen molar-refractivity contribution in [2.45, 2.75) is 52.0 Å². The normalized spacial score (nSPS) is 13.8. The van der Waals surface area contributed by atoms with Gasteiger partial charge in [-0.1, -0.05) is 20.3 Å². The second kappa shape index (κ2) is 8.21. The monoisotopic (exact) mass is 299 g/mol. The molecule has 0 aromatic carbocycles. The third-order valence-electron chi connectivity index (χ3n) is 3.13. The van der Waals surface area contributed by atoms with Gasteiger partial charge < -0.3 is 15.7 Å². The molecule has 0 radical (unpaired) electrons. The van der Waals surface area contributed by atoms with Crippen molar-refractivity contribution in [1.82, 2.24) is 15.6 Å².